The molecule has 1 amide bonds. The van der Waals surface area contributed by atoms with Gasteiger partial charge < -0.3 is 15.2 Å². The summed E-state index contributed by atoms with van der Waals surface area (Å²) in [6.07, 6.45) is -0.624. The summed E-state index contributed by atoms with van der Waals surface area (Å²) < 4.78 is 17.6. The molecule has 0 heterocycles. The maximum Gasteiger partial charge on any atom is 0.339 e. The van der Waals surface area contributed by atoms with Crippen LogP contribution in [0, 0.1) is 5.82 Å². The Morgan fingerprint density at radius 1 is 1.32 bits per heavy atom. The van der Waals surface area contributed by atoms with E-state index in [2.05, 4.69) is 10.1 Å². The number of benzene rings is 1. The van der Waals surface area contributed by atoms with Crippen molar-refractivity contribution in [3.05, 3.63) is 29.6 Å². The lowest BCUT2D eigenvalue weighted by molar-refractivity contribution is -0.138. The van der Waals surface area contributed by atoms with Crippen molar-refractivity contribution in [3.8, 4) is 0 Å². The van der Waals surface area contributed by atoms with E-state index in [9.17, 15) is 18.8 Å². The summed E-state index contributed by atoms with van der Waals surface area (Å²) in [6.45, 7) is 0. The number of methoxy groups -OCH3 is 1. The van der Waals surface area contributed by atoms with Crippen LogP contribution in [0.1, 0.15) is 23.2 Å². The molecule has 1 rings (SSSR count). The van der Waals surface area contributed by atoms with Crippen LogP contribution in [0.15, 0.2) is 18.2 Å². The Balaban J connectivity index is 2.86. The summed E-state index contributed by atoms with van der Waals surface area (Å²) >= 11 is 0. The first-order valence-electron chi connectivity index (χ1n) is 5.33. The summed E-state index contributed by atoms with van der Waals surface area (Å²) in [5.74, 6) is -3.12. The van der Waals surface area contributed by atoms with Crippen molar-refractivity contribution < 1.29 is 28.6 Å². The molecule has 0 saturated heterocycles. The standard InChI is InChI=1S/C12H12FNO5/c1-19-12(18)8-3-2-7(13)6-9(8)14-10(15)4-5-11(16)17/h2-3,6H,4-5H2,1H3,(H,14,15)(H,16,17). The number of hydrogen-bond acceptors (Lipinski definition) is 4. The summed E-state index contributed by atoms with van der Waals surface area (Å²) in [4.78, 5) is 33.2. The molecule has 1 aromatic rings. The average Bonchev–Trinajstić information content (AvgIpc) is 2.35. The zero-order valence-electron chi connectivity index (χ0n) is 10.1. The first kappa shape index (κ1) is 14.6. The lowest BCUT2D eigenvalue weighted by Gasteiger charge is -2.09. The number of carbonyl (C=O) groups is 3. The van der Waals surface area contributed by atoms with Gasteiger partial charge in [-0.3, -0.25) is 9.59 Å². The summed E-state index contributed by atoms with van der Waals surface area (Å²) in [5.41, 5.74) is -0.0604. The minimum atomic E-state index is -1.12. The van der Waals surface area contributed by atoms with Gasteiger partial charge in [-0.2, -0.15) is 0 Å². The van der Waals surface area contributed by atoms with Crippen LogP contribution in [0.5, 0.6) is 0 Å². The summed E-state index contributed by atoms with van der Waals surface area (Å²) in [6, 6.07) is 3.19. The molecule has 0 aromatic heterocycles. The van der Waals surface area contributed by atoms with Gasteiger partial charge in [0.15, 0.2) is 0 Å². The number of carbonyl (C=O) groups excluding carboxylic acids is 2. The Labute approximate surface area is 108 Å². The van der Waals surface area contributed by atoms with Gasteiger partial charge in [0.1, 0.15) is 5.82 Å². The monoisotopic (exact) mass is 269 g/mol. The predicted octanol–water partition coefficient (Wildman–Crippen LogP) is 1.42. The van der Waals surface area contributed by atoms with Crippen LogP contribution < -0.4 is 5.32 Å². The second kappa shape index (κ2) is 6.48. The molecular weight excluding hydrogens is 257 g/mol. The van der Waals surface area contributed by atoms with E-state index in [0.29, 0.717) is 0 Å². The van der Waals surface area contributed by atoms with Gasteiger partial charge in [0.2, 0.25) is 5.91 Å². The number of anilines is 1. The van der Waals surface area contributed by atoms with Crippen molar-refractivity contribution in [2.75, 3.05) is 12.4 Å². The molecule has 0 aliphatic heterocycles. The number of esters is 1. The molecule has 2 N–H and O–H groups in total. The van der Waals surface area contributed by atoms with Crippen molar-refractivity contribution in [1.29, 1.82) is 0 Å². The average molecular weight is 269 g/mol. The molecule has 0 spiro atoms. The molecule has 7 heteroatoms. The topological polar surface area (TPSA) is 92.7 Å². The quantitative estimate of drug-likeness (QED) is 0.788. The van der Waals surface area contributed by atoms with E-state index in [-0.39, 0.29) is 24.1 Å². The van der Waals surface area contributed by atoms with E-state index in [1.54, 1.807) is 0 Å². The molecule has 0 bridgehead atoms. The Bertz CT molecular complexity index is 515. The lowest BCUT2D eigenvalue weighted by atomic mass is 10.1. The van der Waals surface area contributed by atoms with Crippen molar-refractivity contribution in [2.45, 2.75) is 12.8 Å². The van der Waals surface area contributed by atoms with Gasteiger partial charge in [-0.15, -0.1) is 0 Å². The van der Waals surface area contributed by atoms with E-state index in [0.717, 1.165) is 19.2 Å². The highest BCUT2D eigenvalue weighted by Gasteiger charge is 2.15. The number of ether oxygens (including phenoxy) is 1. The maximum atomic E-state index is 13.1. The Kier molecular flexibility index (Phi) is 4.99. The number of carboxylic acid groups (broad SMARTS) is 1. The number of hydrogen-bond donors (Lipinski definition) is 2. The third-order valence-electron chi connectivity index (χ3n) is 2.23. The first-order chi connectivity index (χ1) is 8.93. The van der Waals surface area contributed by atoms with Crippen LogP contribution in [0.3, 0.4) is 0 Å². The highest BCUT2D eigenvalue weighted by atomic mass is 19.1. The largest absolute Gasteiger partial charge is 0.481 e. The summed E-state index contributed by atoms with van der Waals surface area (Å²) in [7, 11) is 1.15. The fourth-order valence-electron chi connectivity index (χ4n) is 1.34. The molecule has 0 unspecified atom stereocenters. The zero-order valence-corrected chi connectivity index (χ0v) is 10.1. The van der Waals surface area contributed by atoms with Gasteiger partial charge in [0.05, 0.1) is 24.8 Å². The number of amides is 1. The van der Waals surface area contributed by atoms with E-state index in [4.69, 9.17) is 5.11 Å². The molecule has 102 valence electrons. The number of halogens is 1. The molecule has 6 nitrogen and oxygen atoms in total. The van der Waals surface area contributed by atoms with Crippen molar-refractivity contribution >= 4 is 23.5 Å². The molecule has 19 heavy (non-hydrogen) atoms. The second-order valence-electron chi connectivity index (χ2n) is 3.62. The van der Waals surface area contributed by atoms with Crippen LogP contribution in [-0.2, 0) is 14.3 Å². The van der Waals surface area contributed by atoms with Crippen molar-refractivity contribution in [2.24, 2.45) is 0 Å². The number of carboxylic acids is 1. The van der Waals surface area contributed by atoms with Crippen LogP contribution in [0.2, 0.25) is 0 Å². The Morgan fingerprint density at radius 3 is 2.58 bits per heavy atom. The van der Waals surface area contributed by atoms with Gasteiger partial charge >= 0.3 is 11.9 Å². The summed E-state index contributed by atoms with van der Waals surface area (Å²) in [5, 5.41) is 10.7. The molecule has 0 saturated carbocycles. The van der Waals surface area contributed by atoms with Gasteiger partial charge in [-0.05, 0) is 18.2 Å². The number of aliphatic carboxylic acids is 1. The Morgan fingerprint density at radius 2 is 2.00 bits per heavy atom. The molecule has 0 radical (unpaired) electrons. The fraction of sp³-hybridized carbons (Fsp3) is 0.250. The van der Waals surface area contributed by atoms with Crippen molar-refractivity contribution in [3.63, 3.8) is 0 Å². The second-order valence-corrected chi connectivity index (χ2v) is 3.62. The van der Waals surface area contributed by atoms with Gasteiger partial charge in [-0.25, -0.2) is 9.18 Å². The molecule has 0 aliphatic rings. The number of rotatable bonds is 5. The van der Waals surface area contributed by atoms with Crippen LogP contribution >= 0.6 is 0 Å². The third kappa shape index (κ3) is 4.38. The van der Waals surface area contributed by atoms with Crippen LogP contribution in [0.25, 0.3) is 0 Å². The maximum absolute atomic E-state index is 13.1. The van der Waals surface area contributed by atoms with Gasteiger partial charge in [0, 0.05) is 6.42 Å². The van der Waals surface area contributed by atoms with Crippen LogP contribution in [0.4, 0.5) is 10.1 Å². The van der Waals surface area contributed by atoms with Gasteiger partial charge in [-0.1, -0.05) is 0 Å². The Hall–Kier alpha value is -2.44. The predicted molar refractivity (Wildman–Crippen MR) is 63.2 cm³/mol. The van der Waals surface area contributed by atoms with Crippen LogP contribution in [-0.4, -0.2) is 30.1 Å². The molecule has 0 aliphatic carbocycles. The highest BCUT2D eigenvalue weighted by molar-refractivity contribution is 6.01. The lowest BCUT2D eigenvalue weighted by Crippen LogP contribution is -2.16. The van der Waals surface area contributed by atoms with E-state index in [1.165, 1.54) is 6.07 Å². The normalized spacial score (nSPS) is 9.79. The highest BCUT2D eigenvalue weighted by Crippen LogP contribution is 2.18. The molecule has 1 aromatic carbocycles. The smallest absolute Gasteiger partial charge is 0.339 e. The van der Waals surface area contributed by atoms with Crippen molar-refractivity contribution in [1.82, 2.24) is 0 Å². The molecular formula is C12H12FNO5. The fourth-order valence-corrected chi connectivity index (χ4v) is 1.34. The van der Waals surface area contributed by atoms with E-state index >= 15 is 0 Å². The SMILES string of the molecule is COC(=O)c1ccc(F)cc1NC(=O)CCC(=O)O. The number of nitrogens with one attached hydrogen (secondary N) is 1. The van der Waals surface area contributed by atoms with Gasteiger partial charge in [0.25, 0.3) is 0 Å². The third-order valence-corrected chi connectivity index (χ3v) is 2.23. The zero-order chi connectivity index (χ0) is 14.4. The molecule has 0 atom stereocenters. The van der Waals surface area contributed by atoms with E-state index < -0.39 is 23.7 Å². The minimum Gasteiger partial charge on any atom is -0.481 e. The molecule has 0 fully saturated rings. The van der Waals surface area contributed by atoms with E-state index in [1.807, 2.05) is 0 Å². The first-order valence-corrected chi connectivity index (χ1v) is 5.33. The minimum absolute atomic E-state index is 0.00687.